The van der Waals surface area contributed by atoms with E-state index in [4.69, 9.17) is 10.8 Å². The number of rotatable bonds is 3. The summed E-state index contributed by atoms with van der Waals surface area (Å²) in [5, 5.41) is 6.67. The summed E-state index contributed by atoms with van der Waals surface area (Å²) in [7, 11) is 0. The third kappa shape index (κ3) is 2.88. The molecule has 3 aromatic heterocycles. The van der Waals surface area contributed by atoms with Crippen molar-refractivity contribution in [3.05, 3.63) is 55.5 Å². The Hall–Kier alpha value is -3.81. The van der Waals surface area contributed by atoms with Crippen LogP contribution in [0.2, 0.25) is 0 Å². The molecule has 2 N–H and O–H groups in total. The first kappa shape index (κ1) is 18.2. The number of nitrogens with zero attached hydrogens (tertiary/aromatic N) is 6. The SMILES string of the molecule is C=CC(=O)N1CCC[C@@H](n2nc(-c3ccnc4ccccc34)c3c(N)ncnc32)C1. The normalized spacial score (nSPS) is 16.8. The zero-order valence-corrected chi connectivity index (χ0v) is 16.4. The maximum Gasteiger partial charge on any atom is 0.246 e. The molecule has 1 aliphatic rings. The molecule has 1 atom stereocenters. The van der Waals surface area contributed by atoms with Crippen LogP contribution in [0.3, 0.4) is 0 Å². The number of likely N-dealkylation sites (tertiary alicyclic amines) is 1. The molecule has 8 nitrogen and oxygen atoms in total. The van der Waals surface area contributed by atoms with E-state index in [2.05, 4.69) is 21.5 Å². The van der Waals surface area contributed by atoms with Gasteiger partial charge in [0.1, 0.15) is 17.8 Å². The van der Waals surface area contributed by atoms with Crippen molar-refractivity contribution in [3.63, 3.8) is 0 Å². The van der Waals surface area contributed by atoms with Crippen molar-refractivity contribution >= 4 is 33.7 Å². The van der Waals surface area contributed by atoms with Gasteiger partial charge in [-0.1, -0.05) is 24.8 Å². The van der Waals surface area contributed by atoms with Gasteiger partial charge in [0, 0.05) is 30.2 Å². The molecule has 30 heavy (non-hydrogen) atoms. The van der Waals surface area contributed by atoms with Crippen molar-refractivity contribution in [2.45, 2.75) is 18.9 Å². The molecular weight excluding hydrogens is 378 g/mol. The van der Waals surface area contributed by atoms with Crippen molar-refractivity contribution < 1.29 is 4.79 Å². The van der Waals surface area contributed by atoms with Crippen LogP contribution in [0, 0.1) is 0 Å². The third-order valence-electron chi connectivity index (χ3n) is 5.65. The second kappa shape index (κ2) is 7.22. The average Bonchev–Trinajstić information content (AvgIpc) is 3.19. The number of benzene rings is 1. The molecule has 8 heteroatoms. The molecule has 0 saturated carbocycles. The predicted molar refractivity (Wildman–Crippen MR) is 116 cm³/mol. The maximum atomic E-state index is 12.2. The Bertz CT molecular complexity index is 1270. The Morgan fingerprint density at radius 3 is 2.93 bits per heavy atom. The van der Waals surface area contributed by atoms with Crippen molar-refractivity contribution in [1.29, 1.82) is 0 Å². The Morgan fingerprint density at radius 2 is 2.07 bits per heavy atom. The third-order valence-corrected chi connectivity index (χ3v) is 5.65. The Morgan fingerprint density at radius 1 is 1.20 bits per heavy atom. The van der Waals surface area contributed by atoms with Crippen LogP contribution < -0.4 is 5.73 Å². The van der Waals surface area contributed by atoms with E-state index in [1.54, 1.807) is 11.1 Å². The Labute approximate surface area is 173 Å². The first-order valence-corrected chi connectivity index (χ1v) is 9.91. The van der Waals surface area contributed by atoms with Crippen LogP contribution in [0.1, 0.15) is 18.9 Å². The minimum atomic E-state index is -0.0642. The summed E-state index contributed by atoms with van der Waals surface area (Å²) in [4.78, 5) is 27.1. The van der Waals surface area contributed by atoms with E-state index < -0.39 is 0 Å². The Balaban J connectivity index is 1.70. The lowest BCUT2D eigenvalue weighted by Crippen LogP contribution is -2.40. The zero-order valence-electron chi connectivity index (χ0n) is 16.4. The number of para-hydroxylation sites is 1. The fraction of sp³-hybridized carbons (Fsp3) is 0.227. The first-order valence-electron chi connectivity index (χ1n) is 9.91. The predicted octanol–water partition coefficient (Wildman–Crippen LogP) is 2.97. The highest BCUT2D eigenvalue weighted by atomic mass is 16.2. The number of amides is 1. The molecule has 1 aromatic carbocycles. The number of piperidine rings is 1. The molecule has 0 radical (unpaired) electrons. The van der Waals surface area contributed by atoms with Gasteiger partial charge in [-0.3, -0.25) is 9.78 Å². The van der Waals surface area contributed by atoms with Gasteiger partial charge in [-0.15, -0.1) is 0 Å². The second-order valence-corrected chi connectivity index (χ2v) is 7.41. The highest BCUT2D eigenvalue weighted by molar-refractivity contribution is 6.05. The monoisotopic (exact) mass is 399 g/mol. The number of pyridine rings is 1. The molecule has 4 aromatic rings. The van der Waals surface area contributed by atoms with Crippen LogP contribution in [0.25, 0.3) is 33.2 Å². The van der Waals surface area contributed by atoms with E-state index in [9.17, 15) is 4.79 Å². The van der Waals surface area contributed by atoms with E-state index in [0.29, 0.717) is 18.0 Å². The van der Waals surface area contributed by atoms with Gasteiger partial charge in [0.2, 0.25) is 5.91 Å². The van der Waals surface area contributed by atoms with E-state index in [1.807, 2.05) is 35.0 Å². The maximum absolute atomic E-state index is 12.2. The van der Waals surface area contributed by atoms with E-state index in [1.165, 1.54) is 12.4 Å². The quantitative estimate of drug-likeness (QED) is 0.531. The lowest BCUT2D eigenvalue weighted by molar-refractivity contribution is -0.127. The van der Waals surface area contributed by atoms with Crippen molar-refractivity contribution in [3.8, 4) is 11.3 Å². The van der Waals surface area contributed by atoms with Crippen LogP contribution >= 0.6 is 0 Å². The fourth-order valence-electron chi connectivity index (χ4n) is 4.22. The molecule has 1 aliphatic heterocycles. The fourth-order valence-corrected chi connectivity index (χ4v) is 4.22. The number of aromatic nitrogens is 5. The molecule has 0 aliphatic carbocycles. The van der Waals surface area contributed by atoms with Crippen molar-refractivity contribution in [1.82, 2.24) is 29.6 Å². The summed E-state index contributed by atoms with van der Waals surface area (Å²) in [6, 6.07) is 9.87. The summed E-state index contributed by atoms with van der Waals surface area (Å²) >= 11 is 0. The number of fused-ring (bicyclic) bond motifs is 2. The van der Waals surface area contributed by atoms with Gasteiger partial charge in [0.15, 0.2) is 5.65 Å². The second-order valence-electron chi connectivity index (χ2n) is 7.41. The van der Waals surface area contributed by atoms with E-state index >= 15 is 0 Å². The molecule has 5 rings (SSSR count). The lowest BCUT2D eigenvalue weighted by Gasteiger charge is -2.32. The minimum absolute atomic E-state index is 0.00121. The van der Waals surface area contributed by atoms with Gasteiger partial charge in [-0.2, -0.15) is 5.10 Å². The molecule has 1 saturated heterocycles. The molecule has 150 valence electrons. The summed E-state index contributed by atoms with van der Waals surface area (Å²) in [6.45, 7) is 4.89. The van der Waals surface area contributed by atoms with Gasteiger partial charge in [-0.25, -0.2) is 14.6 Å². The molecule has 0 unspecified atom stereocenters. The van der Waals surface area contributed by atoms with Crippen molar-refractivity contribution in [2.24, 2.45) is 0 Å². The van der Waals surface area contributed by atoms with E-state index in [0.717, 1.165) is 46.9 Å². The molecule has 4 heterocycles. The summed E-state index contributed by atoms with van der Waals surface area (Å²) in [5.74, 6) is 0.322. The minimum Gasteiger partial charge on any atom is -0.383 e. The van der Waals surface area contributed by atoms with Crippen LogP contribution in [-0.4, -0.2) is 48.6 Å². The summed E-state index contributed by atoms with van der Waals surface area (Å²) in [6.07, 6.45) is 6.38. The van der Waals surface area contributed by atoms with E-state index in [-0.39, 0.29) is 11.9 Å². The zero-order chi connectivity index (χ0) is 20.7. The number of nitrogens with two attached hydrogens (primary N) is 1. The largest absolute Gasteiger partial charge is 0.383 e. The van der Waals surface area contributed by atoms with Crippen LogP contribution in [0.5, 0.6) is 0 Å². The lowest BCUT2D eigenvalue weighted by atomic mass is 10.0. The smallest absolute Gasteiger partial charge is 0.246 e. The highest BCUT2D eigenvalue weighted by Gasteiger charge is 2.28. The number of anilines is 1. The van der Waals surface area contributed by atoms with Gasteiger partial charge >= 0.3 is 0 Å². The number of carbonyl (C=O) groups is 1. The van der Waals surface area contributed by atoms with Crippen LogP contribution in [-0.2, 0) is 4.79 Å². The topological polar surface area (TPSA) is 103 Å². The summed E-state index contributed by atoms with van der Waals surface area (Å²) in [5.41, 5.74) is 9.50. The van der Waals surface area contributed by atoms with Crippen molar-refractivity contribution in [2.75, 3.05) is 18.8 Å². The Kier molecular flexibility index (Phi) is 4.39. The van der Waals surface area contributed by atoms with Crippen LogP contribution in [0.4, 0.5) is 5.82 Å². The van der Waals surface area contributed by atoms with Gasteiger partial charge in [0.05, 0.1) is 16.9 Å². The molecule has 0 spiro atoms. The molecular formula is C22H21N7O. The molecule has 1 fully saturated rings. The van der Waals surface area contributed by atoms with Gasteiger partial charge in [0.25, 0.3) is 0 Å². The summed E-state index contributed by atoms with van der Waals surface area (Å²) < 4.78 is 1.90. The first-order chi connectivity index (χ1) is 14.7. The number of carbonyl (C=O) groups excluding carboxylic acids is 1. The molecule has 1 amide bonds. The number of nitrogen functional groups attached to an aromatic ring is 1. The molecule has 0 bridgehead atoms. The van der Waals surface area contributed by atoms with Crippen LogP contribution in [0.15, 0.2) is 55.5 Å². The van der Waals surface area contributed by atoms with Gasteiger partial charge < -0.3 is 10.6 Å². The highest BCUT2D eigenvalue weighted by Crippen LogP contribution is 2.36. The average molecular weight is 399 g/mol. The van der Waals surface area contributed by atoms with Gasteiger partial charge in [-0.05, 0) is 31.1 Å². The number of hydrogen-bond donors (Lipinski definition) is 1. The standard InChI is InChI=1S/C22H21N7O/c1-2-18(30)28-11-5-6-14(12-28)29-22-19(21(23)25-13-26-22)20(27-29)16-9-10-24-17-8-4-3-7-15(16)17/h2-4,7-10,13-14H,1,5-6,11-12H2,(H2,23,25,26)/t14-/m1/s1. The number of hydrogen-bond acceptors (Lipinski definition) is 6.